The van der Waals surface area contributed by atoms with Gasteiger partial charge in [0.15, 0.2) is 0 Å². The van der Waals surface area contributed by atoms with Crippen molar-refractivity contribution in [1.82, 2.24) is 0 Å². The van der Waals surface area contributed by atoms with Crippen LogP contribution in [0.5, 0.6) is 0 Å². The third-order valence-electron chi connectivity index (χ3n) is 18.3. The summed E-state index contributed by atoms with van der Waals surface area (Å²) in [4.78, 5) is 0. The van der Waals surface area contributed by atoms with Crippen LogP contribution in [0.2, 0.25) is 3.63 Å². The van der Waals surface area contributed by atoms with Crippen LogP contribution in [0.1, 0.15) is 113 Å². The van der Waals surface area contributed by atoms with Crippen LogP contribution in [0.25, 0.3) is 0 Å². The Balaban J connectivity index is 0.00000283. The van der Waals surface area contributed by atoms with Crippen molar-refractivity contribution in [1.29, 1.82) is 0 Å². The van der Waals surface area contributed by atoms with Crippen LogP contribution in [0.15, 0.2) is 154 Å². The van der Waals surface area contributed by atoms with E-state index < -0.39 is 21.3 Å². The van der Waals surface area contributed by atoms with Gasteiger partial charge >= 0.3 is 351 Å². The molecule has 58 heavy (non-hydrogen) atoms. The van der Waals surface area contributed by atoms with Gasteiger partial charge in [0.2, 0.25) is 0 Å². The number of rotatable bonds is 7. The number of halogens is 2. The summed E-state index contributed by atoms with van der Waals surface area (Å²) in [6, 6.07) is 23.5. The summed E-state index contributed by atoms with van der Waals surface area (Å²) in [6.07, 6.45) is 37.3. The van der Waals surface area contributed by atoms with Gasteiger partial charge in [-0.3, -0.25) is 0 Å². The van der Waals surface area contributed by atoms with E-state index in [0.29, 0.717) is 15.5 Å². The quantitative estimate of drug-likeness (QED) is 0.261. The number of hydrogen-bond donors (Lipinski definition) is 0. The zero-order chi connectivity index (χ0) is 40.2. The van der Waals surface area contributed by atoms with E-state index >= 15 is 0 Å². The molecule has 3 heteroatoms. The normalized spacial score (nSPS) is 38.7. The van der Waals surface area contributed by atoms with Gasteiger partial charge in [-0.05, 0) is 0 Å². The van der Waals surface area contributed by atoms with Crippen molar-refractivity contribution in [3.63, 3.8) is 0 Å². The molecule has 0 spiro atoms. The molecule has 8 rings (SSSR count). The van der Waals surface area contributed by atoms with Gasteiger partial charge in [-0.25, -0.2) is 0 Å². The largest absolute Gasteiger partial charge is 1.00 e. The third-order valence-corrected chi connectivity index (χ3v) is 27.7. The fraction of sp³-hybridized carbons (Fsp3) is 0.473. The van der Waals surface area contributed by atoms with Crippen LogP contribution in [-0.2, 0) is 21.3 Å². The van der Waals surface area contributed by atoms with E-state index in [-0.39, 0.29) is 68.1 Å². The Hall–Kier alpha value is -2.31. The number of benzene rings is 2. The Bertz CT molecular complexity index is 2160. The van der Waals surface area contributed by atoms with Gasteiger partial charge in [0.05, 0.1) is 0 Å². The Labute approximate surface area is 372 Å². The molecule has 0 nitrogen and oxygen atoms in total. The van der Waals surface area contributed by atoms with Gasteiger partial charge < -0.3 is 24.8 Å². The first-order valence-electron chi connectivity index (χ1n) is 21.8. The summed E-state index contributed by atoms with van der Waals surface area (Å²) in [5.74, 6) is 0.874. The SMILES string of the molecule is CCCCC1C=C(C(C)(C)C)C=[C]1[Zr+2](=[C](c1ccccc1)c1ccccc1)[CH]1C2C=CC=C(C)C2(C)C2(C)C3(C)C=CC=CC3(C)C3(C)C=CC=CC3(C)C12C.[Cl-].[Cl-]. The van der Waals surface area contributed by atoms with Gasteiger partial charge in [-0.1, -0.05) is 0 Å². The van der Waals surface area contributed by atoms with E-state index in [1.165, 1.54) is 30.4 Å². The van der Waals surface area contributed by atoms with E-state index in [4.69, 9.17) is 0 Å². The van der Waals surface area contributed by atoms with Crippen LogP contribution in [0, 0.1) is 55.2 Å². The summed E-state index contributed by atoms with van der Waals surface area (Å²) in [6.45, 7) is 31.3. The molecule has 0 aliphatic heterocycles. The number of hydrogen-bond acceptors (Lipinski definition) is 0. The Morgan fingerprint density at radius 1 is 0.672 bits per heavy atom. The zero-order valence-electron chi connectivity index (χ0n) is 37.4. The Morgan fingerprint density at radius 2 is 1.17 bits per heavy atom. The predicted octanol–water partition coefficient (Wildman–Crippen LogP) is 8.80. The second-order valence-electron chi connectivity index (χ2n) is 20.8. The van der Waals surface area contributed by atoms with Gasteiger partial charge in [0, 0.05) is 0 Å². The average Bonchev–Trinajstić information content (AvgIpc) is 3.68. The molecule has 10 atom stereocenters. The van der Waals surface area contributed by atoms with Crippen LogP contribution in [0.4, 0.5) is 0 Å². The molecule has 0 amide bonds. The van der Waals surface area contributed by atoms with Gasteiger partial charge in [-0.15, -0.1) is 0 Å². The molecule has 0 saturated heterocycles. The van der Waals surface area contributed by atoms with Crippen molar-refractivity contribution in [2.24, 2.45) is 55.2 Å². The number of allylic oxidation sites excluding steroid dienone is 16. The molecule has 2 saturated carbocycles. The minimum Gasteiger partial charge on any atom is -1.00 e. The Kier molecular flexibility index (Phi) is 11.9. The molecule has 306 valence electrons. The topological polar surface area (TPSA) is 0 Å². The summed E-state index contributed by atoms with van der Waals surface area (Å²) in [7, 11) is 0. The van der Waals surface area contributed by atoms with Crippen LogP contribution in [0.3, 0.4) is 0 Å². The van der Waals surface area contributed by atoms with Crippen LogP contribution in [-0.4, -0.2) is 3.21 Å². The monoisotopic (exact) mass is 888 g/mol. The van der Waals surface area contributed by atoms with Crippen molar-refractivity contribution in [3.05, 3.63) is 165 Å². The maximum absolute atomic E-state index is 3.16. The Morgan fingerprint density at radius 3 is 1.69 bits per heavy atom. The summed E-state index contributed by atoms with van der Waals surface area (Å²) >= 11 is -3.16. The number of fused-ring (bicyclic) bond motifs is 8. The molecule has 0 bridgehead atoms. The molecule has 0 N–H and O–H groups in total. The van der Waals surface area contributed by atoms with Crippen molar-refractivity contribution in [3.8, 4) is 0 Å². The number of unbranched alkanes of at least 4 members (excludes halogenated alkanes) is 1. The molecule has 0 aromatic heterocycles. The molecule has 2 fully saturated rings. The minimum absolute atomic E-state index is 0. The fourth-order valence-electron chi connectivity index (χ4n) is 14.4. The molecule has 0 heterocycles. The standard InChI is InChI=1S/C29H37.C13H10.C13H21.2ClH.Zr/c1-21-14-13-15-22-20-27(6)25(4)18-10-9-16-23(25,2)24(3)17-11-12-19-26(24,5)29(27,8)28(21,22)7;1-3-7-12(8-4-1)11-13-9-5-2-6-10-13;1-5-6-7-11-8-9-12(10-11)13(2,3)4;;;/h9-20,22H,1-8H3;1-10H;9-11H,5-7H2,1-4H3;2*1H;/q;;;;;+2/p-2. The first-order chi connectivity index (χ1) is 26.4. The molecular formula is C55H68Cl2Zr. The van der Waals surface area contributed by atoms with Crippen molar-refractivity contribution in [2.45, 2.75) is 106 Å². The summed E-state index contributed by atoms with van der Waals surface area (Å²) < 4.78 is 4.01. The third kappa shape index (κ3) is 5.50. The van der Waals surface area contributed by atoms with Crippen molar-refractivity contribution < 1.29 is 46.1 Å². The minimum atomic E-state index is -3.16. The van der Waals surface area contributed by atoms with Gasteiger partial charge in [-0.2, -0.15) is 0 Å². The smallest absolute Gasteiger partial charge is 1.00 e. The molecule has 10 unspecified atom stereocenters. The predicted molar refractivity (Wildman–Crippen MR) is 238 cm³/mol. The van der Waals surface area contributed by atoms with E-state index in [0.717, 1.165) is 0 Å². The molecule has 0 radical (unpaired) electrons. The van der Waals surface area contributed by atoms with Crippen LogP contribution < -0.4 is 24.8 Å². The molecule has 6 aliphatic rings. The fourth-order valence-corrected chi connectivity index (χ4v) is 26.3. The van der Waals surface area contributed by atoms with Crippen LogP contribution >= 0.6 is 0 Å². The van der Waals surface area contributed by atoms with E-state index in [1.54, 1.807) is 14.4 Å². The van der Waals surface area contributed by atoms with E-state index in [9.17, 15) is 0 Å². The van der Waals surface area contributed by atoms with Gasteiger partial charge in [0.1, 0.15) is 0 Å². The molecule has 2 aromatic carbocycles. The van der Waals surface area contributed by atoms with E-state index in [1.807, 2.05) is 3.28 Å². The van der Waals surface area contributed by atoms with E-state index in [2.05, 4.69) is 223 Å². The average molecular weight is 891 g/mol. The van der Waals surface area contributed by atoms with Gasteiger partial charge in [0.25, 0.3) is 0 Å². The first-order valence-corrected chi connectivity index (χ1v) is 25.7. The summed E-state index contributed by atoms with van der Waals surface area (Å²) in [5.41, 5.74) is 5.28. The second kappa shape index (κ2) is 15.2. The maximum atomic E-state index is 2.85. The van der Waals surface area contributed by atoms with Crippen molar-refractivity contribution in [2.75, 3.05) is 0 Å². The molecule has 2 aromatic rings. The zero-order valence-corrected chi connectivity index (χ0v) is 41.4. The summed E-state index contributed by atoms with van der Waals surface area (Å²) in [5, 5.41) is 0. The molecule has 6 aliphatic carbocycles. The van der Waals surface area contributed by atoms with Crippen molar-refractivity contribution >= 4 is 3.21 Å². The second-order valence-corrected chi connectivity index (χ2v) is 27.0. The first kappa shape index (κ1) is 45.2. The maximum Gasteiger partial charge on any atom is -1.00 e. The molecular weight excluding hydrogens is 823 g/mol.